The molecule has 0 saturated heterocycles. The van der Waals surface area contributed by atoms with Crippen LogP contribution in [0.3, 0.4) is 0 Å². The van der Waals surface area contributed by atoms with E-state index < -0.39 is 5.97 Å². The monoisotopic (exact) mass is 397 g/mol. The number of carboxylic acid groups (broad SMARTS) is 1. The number of rotatable bonds is 5. The lowest BCUT2D eigenvalue weighted by atomic mass is 10.1. The lowest BCUT2D eigenvalue weighted by molar-refractivity contribution is -0.136. The Morgan fingerprint density at radius 3 is 2.44 bits per heavy atom. The van der Waals surface area contributed by atoms with Crippen molar-refractivity contribution < 1.29 is 9.90 Å². The van der Waals surface area contributed by atoms with E-state index in [0.717, 1.165) is 32.7 Å². The average Bonchev–Trinajstić information content (AvgIpc) is 2.99. The lowest BCUT2D eigenvalue weighted by Gasteiger charge is -2.17. The molecular formula is C21H20BrNO2. The first kappa shape index (κ1) is 17.5. The fraction of sp³-hybridized carbons (Fsp3) is 0.190. The Balaban J connectivity index is 2.17. The summed E-state index contributed by atoms with van der Waals surface area (Å²) in [6.45, 7) is 4.16. The van der Waals surface area contributed by atoms with Gasteiger partial charge in [-0.3, -0.25) is 4.79 Å². The van der Waals surface area contributed by atoms with E-state index in [1.54, 1.807) is 0 Å². The quantitative estimate of drug-likeness (QED) is 0.613. The fourth-order valence-electron chi connectivity index (χ4n) is 3.00. The summed E-state index contributed by atoms with van der Waals surface area (Å²) in [7, 11) is 0. The largest absolute Gasteiger partial charge is 0.481 e. The Bertz CT molecular complexity index is 910. The smallest absolute Gasteiger partial charge is 0.303 e. The predicted molar refractivity (Wildman–Crippen MR) is 104 cm³/mol. The molecule has 0 saturated carbocycles. The second-order valence-electron chi connectivity index (χ2n) is 6.24. The topological polar surface area (TPSA) is 42.2 Å². The van der Waals surface area contributed by atoms with Crippen LogP contribution in [-0.4, -0.2) is 15.6 Å². The van der Waals surface area contributed by atoms with Crippen molar-refractivity contribution in [2.45, 2.75) is 26.7 Å². The maximum absolute atomic E-state index is 11.0. The van der Waals surface area contributed by atoms with E-state index in [9.17, 15) is 4.79 Å². The number of carboxylic acids is 1. The second kappa shape index (κ2) is 7.28. The van der Waals surface area contributed by atoms with Gasteiger partial charge in [-0.25, -0.2) is 0 Å². The molecule has 0 amide bonds. The molecule has 0 spiro atoms. The van der Waals surface area contributed by atoms with Crippen molar-refractivity contribution in [2.75, 3.05) is 0 Å². The van der Waals surface area contributed by atoms with Gasteiger partial charge in [-0.1, -0.05) is 40.2 Å². The Kier molecular flexibility index (Phi) is 5.09. The van der Waals surface area contributed by atoms with Crippen LogP contribution >= 0.6 is 15.9 Å². The van der Waals surface area contributed by atoms with Crippen LogP contribution in [-0.2, 0) is 11.2 Å². The number of aromatic nitrogens is 1. The van der Waals surface area contributed by atoms with Crippen LogP contribution in [0.25, 0.3) is 16.9 Å². The molecule has 1 aromatic heterocycles. The molecule has 0 aliphatic rings. The molecule has 3 rings (SSSR count). The van der Waals surface area contributed by atoms with E-state index in [1.165, 1.54) is 5.56 Å². The highest BCUT2D eigenvalue weighted by Crippen LogP contribution is 2.30. The lowest BCUT2D eigenvalue weighted by Crippen LogP contribution is -2.07. The molecule has 2 aromatic carbocycles. The van der Waals surface area contributed by atoms with E-state index >= 15 is 0 Å². The molecular weight excluding hydrogens is 378 g/mol. The zero-order chi connectivity index (χ0) is 18.0. The maximum atomic E-state index is 11.0. The fourth-order valence-corrected chi connectivity index (χ4v) is 3.26. The van der Waals surface area contributed by atoms with Gasteiger partial charge in [0.05, 0.1) is 12.1 Å². The maximum Gasteiger partial charge on any atom is 0.303 e. The third-order valence-electron chi connectivity index (χ3n) is 4.30. The summed E-state index contributed by atoms with van der Waals surface area (Å²) >= 11 is 3.48. The van der Waals surface area contributed by atoms with Crippen molar-refractivity contribution >= 4 is 21.9 Å². The number of aliphatic carboxylic acids is 1. The number of hydrogen-bond acceptors (Lipinski definition) is 1. The van der Waals surface area contributed by atoms with Crippen molar-refractivity contribution in [1.82, 2.24) is 4.57 Å². The van der Waals surface area contributed by atoms with Crippen molar-refractivity contribution in [2.24, 2.45) is 0 Å². The highest BCUT2D eigenvalue weighted by Gasteiger charge is 2.15. The van der Waals surface area contributed by atoms with E-state index in [1.807, 2.05) is 18.2 Å². The van der Waals surface area contributed by atoms with E-state index in [0.29, 0.717) is 6.42 Å². The number of carbonyl (C=O) groups is 1. The Labute approximate surface area is 156 Å². The van der Waals surface area contributed by atoms with Crippen LogP contribution < -0.4 is 0 Å². The third kappa shape index (κ3) is 3.85. The molecule has 25 heavy (non-hydrogen) atoms. The number of aryl methyl sites for hydroxylation is 3. The molecule has 3 nitrogen and oxygen atoms in total. The molecule has 0 atom stereocenters. The van der Waals surface area contributed by atoms with Gasteiger partial charge in [0, 0.05) is 15.9 Å². The minimum atomic E-state index is -0.779. The summed E-state index contributed by atoms with van der Waals surface area (Å²) in [5, 5.41) is 9.07. The molecule has 1 N–H and O–H groups in total. The van der Waals surface area contributed by atoms with E-state index in [-0.39, 0.29) is 6.42 Å². The second-order valence-corrected chi connectivity index (χ2v) is 7.15. The number of halogens is 1. The predicted octanol–water partition coefficient (Wildman–Crippen LogP) is 5.54. The van der Waals surface area contributed by atoms with E-state index in [4.69, 9.17) is 5.11 Å². The zero-order valence-corrected chi connectivity index (χ0v) is 15.9. The Morgan fingerprint density at radius 1 is 1.04 bits per heavy atom. The third-order valence-corrected chi connectivity index (χ3v) is 4.83. The van der Waals surface area contributed by atoms with Gasteiger partial charge in [-0.2, -0.15) is 0 Å². The summed E-state index contributed by atoms with van der Waals surface area (Å²) in [6.07, 6.45) is 0.619. The van der Waals surface area contributed by atoms with Crippen LogP contribution in [0, 0.1) is 13.8 Å². The van der Waals surface area contributed by atoms with Crippen LogP contribution in [0.4, 0.5) is 0 Å². The number of hydrogen-bond donors (Lipinski definition) is 1. The molecule has 128 valence electrons. The Hall–Kier alpha value is -2.33. The molecule has 0 radical (unpaired) electrons. The van der Waals surface area contributed by atoms with Crippen LogP contribution in [0.2, 0.25) is 0 Å². The number of nitrogens with zero attached hydrogens (tertiary/aromatic N) is 1. The van der Waals surface area contributed by atoms with Gasteiger partial charge in [0.1, 0.15) is 0 Å². The van der Waals surface area contributed by atoms with Gasteiger partial charge in [0.2, 0.25) is 0 Å². The molecule has 0 aliphatic heterocycles. The van der Waals surface area contributed by atoms with Crippen molar-refractivity contribution in [3.63, 3.8) is 0 Å². The zero-order valence-electron chi connectivity index (χ0n) is 14.3. The summed E-state index contributed by atoms with van der Waals surface area (Å²) in [5.41, 5.74) is 6.63. The minimum Gasteiger partial charge on any atom is -0.481 e. The molecule has 0 unspecified atom stereocenters. The SMILES string of the molecule is Cc1ccc(C)c(-n2c(CCC(=O)O)ccc2-c2ccc(Br)cc2)c1. The molecule has 0 fully saturated rings. The van der Waals surface area contributed by atoms with Gasteiger partial charge in [0.15, 0.2) is 0 Å². The normalized spacial score (nSPS) is 10.8. The molecule has 1 heterocycles. The highest BCUT2D eigenvalue weighted by molar-refractivity contribution is 9.10. The van der Waals surface area contributed by atoms with Crippen LogP contribution in [0.5, 0.6) is 0 Å². The molecule has 0 aliphatic carbocycles. The van der Waals surface area contributed by atoms with Gasteiger partial charge < -0.3 is 9.67 Å². The van der Waals surface area contributed by atoms with Gasteiger partial charge in [-0.15, -0.1) is 0 Å². The first-order chi connectivity index (χ1) is 12.0. The van der Waals surface area contributed by atoms with Crippen LogP contribution in [0.1, 0.15) is 23.2 Å². The molecule has 0 bridgehead atoms. The van der Waals surface area contributed by atoms with Crippen molar-refractivity contribution in [3.05, 3.63) is 75.9 Å². The van der Waals surface area contributed by atoms with Crippen LogP contribution in [0.15, 0.2) is 59.1 Å². The molecule has 3 aromatic rings. The standard InChI is InChI=1S/C21H20BrNO2/c1-14-3-4-15(2)20(13-14)23-18(10-12-21(24)25)9-11-19(23)16-5-7-17(22)8-6-16/h3-9,11,13H,10,12H2,1-2H3,(H,24,25). The van der Waals surface area contributed by atoms with E-state index in [2.05, 4.69) is 70.7 Å². The summed E-state index contributed by atoms with van der Waals surface area (Å²) < 4.78 is 3.22. The first-order valence-corrected chi connectivity index (χ1v) is 9.01. The summed E-state index contributed by atoms with van der Waals surface area (Å²) in [6, 6.07) is 18.6. The van der Waals surface area contributed by atoms with Gasteiger partial charge in [0.25, 0.3) is 0 Å². The first-order valence-electron chi connectivity index (χ1n) is 8.21. The van der Waals surface area contributed by atoms with Crippen molar-refractivity contribution in [1.29, 1.82) is 0 Å². The number of benzene rings is 2. The summed E-state index contributed by atoms with van der Waals surface area (Å²) in [4.78, 5) is 11.0. The van der Waals surface area contributed by atoms with Gasteiger partial charge >= 0.3 is 5.97 Å². The molecule has 4 heteroatoms. The minimum absolute atomic E-state index is 0.120. The Morgan fingerprint density at radius 2 is 1.76 bits per heavy atom. The van der Waals surface area contributed by atoms with Gasteiger partial charge in [-0.05, 0) is 67.3 Å². The highest BCUT2D eigenvalue weighted by atomic mass is 79.9. The van der Waals surface area contributed by atoms with Crippen molar-refractivity contribution in [3.8, 4) is 16.9 Å². The average molecular weight is 398 g/mol. The summed E-state index contributed by atoms with van der Waals surface area (Å²) in [5.74, 6) is -0.779.